The molecule has 9 aromatic rings. The number of fused-ring (bicyclic) bond motifs is 8. The molecule has 304 valence electrons. The van der Waals surface area contributed by atoms with Crippen molar-refractivity contribution in [3.63, 3.8) is 0 Å². The summed E-state index contributed by atoms with van der Waals surface area (Å²) >= 11 is 0. The fourth-order valence-electron chi connectivity index (χ4n) is 9.98. The number of benzene rings is 7. The standard InChI is InChI=1S/C58H44N2O3/c1-36(39-27-26-37-14-5-6-17-40(37)32-39)61-56-35-47(43-18-7-8-20-45(43)58(56)59)41-28-30-50(48(33-41)38-15-3-2-4-16-38)60(42-29-31-54-49(34-42)44-19-9-11-23-52(44)62-54)51-22-13-25-55-57(51)46-21-10-12-24-53(46)63-55/h2-8,10-17,20-36,43H,9,18-19,59H2,1H3. The summed E-state index contributed by atoms with van der Waals surface area (Å²) in [5.74, 6) is 1.73. The van der Waals surface area contributed by atoms with Crippen LogP contribution < -0.4 is 10.6 Å². The van der Waals surface area contributed by atoms with E-state index >= 15 is 0 Å². The molecule has 63 heavy (non-hydrogen) atoms. The largest absolute Gasteiger partial charge is 0.484 e. The lowest BCUT2D eigenvalue weighted by Gasteiger charge is -2.33. The molecular formula is C58H44N2O3. The van der Waals surface area contributed by atoms with Crippen LogP contribution in [-0.4, -0.2) is 0 Å². The zero-order valence-electron chi connectivity index (χ0n) is 34.9. The fourth-order valence-corrected chi connectivity index (χ4v) is 9.98. The van der Waals surface area contributed by atoms with Gasteiger partial charge in [0, 0.05) is 33.5 Å². The van der Waals surface area contributed by atoms with Gasteiger partial charge in [-0.05, 0) is 132 Å². The molecule has 0 aliphatic heterocycles. The minimum Gasteiger partial charge on any atom is -0.484 e. The molecule has 3 aliphatic rings. The van der Waals surface area contributed by atoms with Crippen LogP contribution in [0.4, 0.5) is 17.1 Å². The Hall–Kier alpha value is -7.76. The van der Waals surface area contributed by atoms with Crippen LogP contribution in [-0.2, 0) is 11.2 Å². The Morgan fingerprint density at radius 1 is 0.667 bits per heavy atom. The highest BCUT2D eigenvalue weighted by atomic mass is 16.5. The summed E-state index contributed by atoms with van der Waals surface area (Å²) in [7, 11) is 0. The molecule has 3 aliphatic carbocycles. The number of rotatable bonds is 8. The first-order valence-electron chi connectivity index (χ1n) is 21.9. The first-order valence-corrected chi connectivity index (χ1v) is 21.9. The molecule has 0 radical (unpaired) electrons. The number of hydrogen-bond donors (Lipinski definition) is 1. The second-order valence-corrected chi connectivity index (χ2v) is 16.8. The maximum atomic E-state index is 7.04. The lowest BCUT2D eigenvalue weighted by molar-refractivity contribution is 0.140. The van der Waals surface area contributed by atoms with Gasteiger partial charge in [-0.15, -0.1) is 0 Å². The first-order chi connectivity index (χ1) is 31.1. The van der Waals surface area contributed by atoms with Crippen LogP contribution in [0.5, 0.6) is 0 Å². The average Bonchev–Trinajstić information content (AvgIpc) is 3.91. The molecule has 2 unspecified atom stereocenters. The smallest absolute Gasteiger partial charge is 0.143 e. The highest BCUT2D eigenvalue weighted by Gasteiger charge is 2.31. The topological polar surface area (TPSA) is 64.8 Å². The molecular weight excluding hydrogens is 773 g/mol. The van der Waals surface area contributed by atoms with Crippen LogP contribution in [0.25, 0.3) is 66.5 Å². The van der Waals surface area contributed by atoms with Gasteiger partial charge in [0.05, 0.1) is 22.5 Å². The number of hydrogen-bond acceptors (Lipinski definition) is 5. The van der Waals surface area contributed by atoms with Gasteiger partial charge in [-0.2, -0.15) is 0 Å². The Morgan fingerprint density at radius 2 is 1.49 bits per heavy atom. The molecule has 0 bridgehead atoms. The van der Waals surface area contributed by atoms with E-state index in [2.05, 4.69) is 188 Å². The highest BCUT2D eigenvalue weighted by Crippen LogP contribution is 2.50. The fraction of sp³-hybridized carbons (Fsp3) is 0.103. The average molecular weight is 817 g/mol. The van der Waals surface area contributed by atoms with Crippen LogP contribution >= 0.6 is 0 Å². The lowest BCUT2D eigenvalue weighted by atomic mass is 9.76. The van der Waals surface area contributed by atoms with Gasteiger partial charge in [0.15, 0.2) is 0 Å². The van der Waals surface area contributed by atoms with Crippen molar-refractivity contribution < 1.29 is 13.6 Å². The van der Waals surface area contributed by atoms with Gasteiger partial charge in [0.1, 0.15) is 34.4 Å². The van der Waals surface area contributed by atoms with Crippen molar-refractivity contribution in [3.05, 3.63) is 222 Å². The zero-order valence-corrected chi connectivity index (χ0v) is 34.9. The SMILES string of the molecule is CC(OC1=C(N)C2=CC=CCC2C(c2ccc(N(c3ccc4oc5c(c4c3)CCC=C5)c3cccc4oc5ccccc5c34)c(-c3ccccc3)c2)=C1)c1ccc2ccccc2c1. The van der Waals surface area contributed by atoms with Crippen LogP contribution in [0.1, 0.15) is 48.3 Å². The number of nitrogens with zero attached hydrogens (tertiary/aromatic N) is 1. The number of para-hydroxylation sites is 1. The predicted octanol–water partition coefficient (Wildman–Crippen LogP) is 15.4. The van der Waals surface area contributed by atoms with Gasteiger partial charge in [-0.3, -0.25) is 0 Å². The number of aryl methyl sites for hydroxylation is 1. The van der Waals surface area contributed by atoms with Crippen LogP contribution in [0.2, 0.25) is 0 Å². The van der Waals surface area contributed by atoms with Crippen molar-refractivity contribution >= 4 is 72.4 Å². The maximum Gasteiger partial charge on any atom is 0.143 e. The summed E-state index contributed by atoms with van der Waals surface area (Å²) < 4.78 is 19.8. The molecule has 2 N–H and O–H groups in total. The molecule has 2 heterocycles. The molecule has 0 saturated heterocycles. The van der Waals surface area contributed by atoms with Gasteiger partial charge in [-0.1, -0.05) is 121 Å². The summed E-state index contributed by atoms with van der Waals surface area (Å²) in [5, 5.41) is 5.68. The Labute approximate surface area is 366 Å². The quantitative estimate of drug-likeness (QED) is 0.165. The number of nitrogens with two attached hydrogens (primary N) is 1. The number of ether oxygens (including phenoxy) is 1. The van der Waals surface area contributed by atoms with Crippen LogP contribution in [0.3, 0.4) is 0 Å². The van der Waals surface area contributed by atoms with Crippen molar-refractivity contribution in [1.29, 1.82) is 0 Å². The van der Waals surface area contributed by atoms with Crippen LogP contribution in [0, 0.1) is 5.92 Å². The second kappa shape index (κ2) is 15.0. The van der Waals surface area contributed by atoms with E-state index in [4.69, 9.17) is 19.3 Å². The number of furan rings is 2. The third-order valence-corrected chi connectivity index (χ3v) is 13.1. The maximum absolute atomic E-state index is 7.04. The third-order valence-electron chi connectivity index (χ3n) is 13.1. The van der Waals surface area contributed by atoms with Crippen molar-refractivity contribution in [2.24, 2.45) is 11.7 Å². The Balaban J connectivity index is 1.04. The third kappa shape index (κ3) is 6.30. The number of anilines is 3. The summed E-state index contributed by atoms with van der Waals surface area (Å²) in [5.41, 5.74) is 21.4. The second-order valence-electron chi connectivity index (χ2n) is 16.8. The molecule has 2 aromatic heterocycles. The van der Waals surface area contributed by atoms with Crippen molar-refractivity contribution in [2.45, 2.75) is 32.3 Å². The molecule has 0 spiro atoms. The highest BCUT2D eigenvalue weighted by molar-refractivity contribution is 6.14. The molecule has 5 heteroatoms. The minimum atomic E-state index is -0.219. The van der Waals surface area contributed by atoms with E-state index in [0.717, 1.165) is 103 Å². The summed E-state index contributed by atoms with van der Waals surface area (Å²) in [4.78, 5) is 2.41. The van der Waals surface area contributed by atoms with Gasteiger partial charge in [0.25, 0.3) is 0 Å². The Morgan fingerprint density at radius 3 is 2.41 bits per heavy atom. The van der Waals surface area contributed by atoms with E-state index in [1.165, 1.54) is 21.9 Å². The van der Waals surface area contributed by atoms with E-state index in [9.17, 15) is 0 Å². The minimum absolute atomic E-state index is 0.0821. The Kier molecular flexibility index (Phi) is 8.82. The van der Waals surface area contributed by atoms with Crippen molar-refractivity contribution in [1.82, 2.24) is 0 Å². The summed E-state index contributed by atoms with van der Waals surface area (Å²) in [6.45, 7) is 2.10. The monoisotopic (exact) mass is 816 g/mol. The van der Waals surface area contributed by atoms with Crippen molar-refractivity contribution in [2.75, 3.05) is 4.90 Å². The van der Waals surface area contributed by atoms with E-state index < -0.39 is 0 Å². The summed E-state index contributed by atoms with van der Waals surface area (Å²) in [6.07, 6.45) is 15.6. The molecule has 5 nitrogen and oxygen atoms in total. The van der Waals surface area contributed by atoms with E-state index in [1.54, 1.807) is 0 Å². The first kappa shape index (κ1) is 37.0. The molecule has 12 rings (SSSR count). The lowest BCUT2D eigenvalue weighted by Crippen LogP contribution is -2.22. The number of allylic oxidation sites excluding steroid dienone is 7. The van der Waals surface area contributed by atoms with Crippen molar-refractivity contribution in [3.8, 4) is 11.1 Å². The molecule has 7 aromatic carbocycles. The predicted molar refractivity (Wildman–Crippen MR) is 259 cm³/mol. The molecule has 2 atom stereocenters. The molecule has 0 fully saturated rings. The van der Waals surface area contributed by atoms with Gasteiger partial charge >= 0.3 is 0 Å². The van der Waals surface area contributed by atoms with Gasteiger partial charge in [0.2, 0.25) is 0 Å². The van der Waals surface area contributed by atoms with Crippen LogP contribution in [0.15, 0.2) is 208 Å². The Bertz CT molecular complexity index is 3450. The van der Waals surface area contributed by atoms with Gasteiger partial charge < -0.3 is 24.2 Å². The van der Waals surface area contributed by atoms with E-state index in [1.807, 2.05) is 12.1 Å². The van der Waals surface area contributed by atoms with Gasteiger partial charge in [-0.25, -0.2) is 0 Å². The summed E-state index contributed by atoms with van der Waals surface area (Å²) in [6, 6.07) is 54.0. The molecule has 0 saturated carbocycles. The zero-order chi connectivity index (χ0) is 42.0. The molecule has 0 amide bonds. The van der Waals surface area contributed by atoms with E-state index in [-0.39, 0.29) is 12.0 Å². The normalized spacial score (nSPS) is 16.3. The van der Waals surface area contributed by atoms with E-state index in [0.29, 0.717) is 11.5 Å².